The van der Waals surface area contributed by atoms with Crippen molar-refractivity contribution in [3.63, 3.8) is 0 Å². The van der Waals surface area contributed by atoms with Crippen LogP contribution < -0.4 is 5.73 Å². The maximum Gasteiger partial charge on any atom is 0.112 e. The zero-order chi connectivity index (χ0) is 11.4. The van der Waals surface area contributed by atoms with Gasteiger partial charge in [0, 0.05) is 26.2 Å². The van der Waals surface area contributed by atoms with E-state index < -0.39 is 0 Å². The Morgan fingerprint density at radius 3 is 2.67 bits per heavy atom. The molecule has 1 saturated heterocycles. The number of rotatable bonds is 3. The summed E-state index contributed by atoms with van der Waals surface area (Å²) in [6.45, 7) is 8.33. The molecule has 0 bridgehead atoms. The molecule has 2 N–H and O–H groups in total. The lowest BCUT2D eigenvalue weighted by Gasteiger charge is -2.37. The van der Waals surface area contributed by atoms with Gasteiger partial charge in [0.15, 0.2) is 0 Å². The Hall–Kier alpha value is -0.610. The minimum absolute atomic E-state index is 0.294. The van der Waals surface area contributed by atoms with Crippen LogP contribution in [0.5, 0.6) is 0 Å². The summed E-state index contributed by atoms with van der Waals surface area (Å²) in [6.07, 6.45) is 0. The normalized spacial score (nSPS) is 26.2. The van der Waals surface area contributed by atoms with Gasteiger partial charge in [-0.2, -0.15) is 0 Å². The molecule has 1 heterocycles. The van der Waals surface area contributed by atoms with Gasteiger partial charge in [-0.15, -0.1) is 0 Å². The van der Waals surface area contributed by atoms with Gasteiger partial charge in [-0.05, 0) is 20.0 Å². The largest absolute Gasteiger partial charge is 0.386 e. The molecule has 1 aliphatic heterocycles. The first-order chi connectivity index (χ1) is 7.00. The highest BCUT2D eigenvalue weighted by atomic mass is 15.3. The minimum atomic E-state index is 0.294. The van der Waals surface area contributed by atoms with E-state index in [0.717, 1.165) is 32.0 Å². The summed E-state index contributed by atoms with van der Waals surface area (Å²) in [6, 6.07) is 0.294. The van der Waals surface area contributed by atoms with Crippen LogP contribution in [-0.4, -0.2) is 62.0 Å². The van der Waals surface area contributed by atoms with E-state index in [1.54, 1.807) is 0 Å². The Kier molecular flexibility index (Phi) is 4.54. The van der Waals surface area contributed by atoms with E-state index in [0.29, 0.717) is 12.0 Å². The average Bonchev–Trinajstić information content (AvgIpc) is 2.18. The Bertz CT molecular complexity index is 225. The van der Waals surface area contributed by atoms with Gasteiger partial charge in [0.05, 0.1) is 6.04 Å². The van der Waals surface area contributed by atoms with E-state index >= 15 is 0 Å². The number of aliphatic imine (C=N–C) groups is 1. The molecule has 0 aromatic heterocycles. The summed E-state index contributed by atoms with van der Waals surface area (Å²) in [7, 11) is 4.26. The third-order valence-corrected chi connectivity index (χ3v) is 2.83. The molecule has 0 aliphatic carbocycles. The highest BCUT2D eigenvalue weighted by Crippen LogP contribution is 2.06. The smallest absolute Gasteiger partial charge is 0.112 e. The lowest BCUT2D eigenvalue weighted by Crippen LogP contribution is -2.55. The second kappa shape index (κ2) is 5.47. The maximum atomic E-state index is 6.03. The molecule has 0 aromatic carbocycles. The molecule has 1 atom stereocenters. The zero-order valence-corrected chi connectivity index (χ0v) is 10.4. The summed E-state index contributed by atoms with van der Waals surface area (Å²) >= 11 is 0. The molecule has 0 saturated carbocycles. The number of amidine groups is 1. The highest BCUT2D eigenvalue weighted by Gasteiger charge is 2.24. The van der Waals surface area contributed by atoms with Gasteiger partial charge in [0.2, 0.25) is 0 Å². The number of likely N-dealkylation sites (N-methyl/N-ethyl adjacent to an activating group) is 2. The summed E-state index contributed by atoms with van der Waals surface area (Å²) in [5, 5.41) is 0. The maximum absolute atomic E-state index is 6.03. The van der Waals surface area contributed by atoms with Gasteiger partial charge >= 0.3 is 0 Å². The van der Waals surface area contributed by atoms with Gasteiger partial charge in [-0.1, -0.05) is 13.8 Å². The molecule has 88 valence electrons. The molecule has 15 heavy (non-hydrogen) atoms. The van der Waals surface area contributed by atoms with E-state index in [4.69, 9.17) is 5.73 Å². The van der Waals surface area contributed by atoms with Gasteiger partial charge in [0.25, 0.3) is 0 Å². The zero-order valence-electron chi connectivity index (χ0n) is 10.4. The van der Waals surface area contributed by atoms with Crippen molar-refractivity contribution < 1.29 is 0 Å². The van der Waals surface area contributed by atoms with Crippen LogP contribution in [0.4, 0.5) is 0 Å². The molecular weight excluding hydrogens is 188 g/mol. The fraction of sp³-hybridized carbons (Fsp3) is 0.909. The predicted octanol–water partition coefficient (Wildman–Crippen LogP) is 0.245. The van der Waals surface area contributed by atoms with Crippen LogP contribution in [-0.2, 0) is 0 Å². The van der Waals surface area contributed by atoms with E-state index in [-0.39, 0.29) is 0 Å². The second-order valence-electron chi connectivity index (χ2n) is 4.92. The summed E-state index contributed by atoms with van der Waals surface area (Å²) < 4.78 is 0. The molecule has 1 unspecified atom stereocenters. The lowest BCUT2D eigenvalue weighted by molar-refractivity contribution is 0.150. The molecule has 0 spiro atoms. The number of piperazine rings is 1. The van der Waals surface area contributed by atoms with Crippen LogP contribution in [0.1, 0.15) is 13.8 Å². The Balaban J connectivity index is 2.56. The summed E-state index contributed by atoms with van der Waals surface area (Å²) in [5.74, 6) is 1.37. The van der Waals surface area contributed by atoms with Gasteiger partial charge in [-0.25, -0.2) is 0 Å². The van der Waals surface area contributed by atoms with Crippen LogP contribution in [0.2, 0.25) is 0 Å². The van der Waals surface area contributed by atoms with Gasteiger partial charge < -0.3 is 10.6 Å². The van der Waals surface area contributed by atoms with Crippen molar-refractivity contribution >= 4 is 5.84 Å². The molecule has 0 amide bonds. The number of nitrogens with two attached hydrogens (primary N) is 1. The van der Waals surface area contributed by atoms with Crippen molar-refractivity contribution in [2.24, 2.45) is 16.6 Å². The first-order valence-electron chi connectivity index (χ1n) is 5.69. The fourth-order valence-corrected chi connectivity index (χ4v) is 1.72. The number of hydrogen-bond donors (Lipinski definition) is 1. The van der Waals surface area contributed by atoms with Crippen molar-refractivity contribution in [2.45, 2.75) is 19.9 Å². The van der Waals surface area contributed by atoms with Crippen LogP contribution >= 0.6 is 0 Å². The lowest BCUT2D eigenvalue weighted by atomic mass is 10.1. The monoisotopic (exact) mass is 212 g/mol. The fourth-order valence-electron chi connectivity index (χ4n) is 1.72. The third-order valence-electron chi connectivity index (χ3n) is 2.83. The van der Waals surface area contributed by atoms with Crippen LogP contribution in [0.25, 0.3) is 0 Å². The van der Waals surface area contributed by atoms with E-state index in [2.05, 4.69) is 42.7 Å². The molecule has 0 radical (unpaired) electrons. The Morgan fingerprint density at radius 1 is 1.40 bits per heavy atom. The quantitative estimate of drug-likeness (QED) is 0.538. The molecular formula is C11H24N4. The molecule has 4 nitrogen and oxygen atoms in total. The van der Waals surface area contributed by atoms with Crippen LogP contribution in [0, 0.1) is 5.92 Å². The van der Waals surface area contributed by atoms with Crippen molar-refractivity contribution in [3.8, 4) is 0 Å². The second-order valence-corrected chi connectivity index (χ2v) is 4.92. The standard InChI is InChI=1S/C11H24N4/c1-9(2)7-13-11(12)10-8-14(3)5-6-15(10)4/h9-10H,5-8H2,1-4H3,(H2,12,13). The predicted molar refractivity (Wildman–Crippen MR) is 65.2 cm³/mol. The Morgan fingerprint density at radius 2 is 2.07 bits per heavy atom. The van der Waals surface area contributed by atoms with E-state index in [1.165, 1.54) is 0 Å². The van der Waals surface area contributed by atoms with E-state index in [9.17, 15) is 0 Å². The van der Waals surface area contributed by atoms with Crippen molar-refractivity contribution in [1.82, 2.24) is 9.80 Å². The molecule has 1 rings (SSSR count). The van der Waals surface area contributed by atoms with Crippen molar-refractivity contribution in [2.75, 3.05) is 40.3 Å². The minimum Gasteiger partial charge on any atom is -0.386 e. The SMILES string of the molecule is CC(C)CN=C(N)C1CN(C)CCN1C. The molecule has 1 fully saturated rings. The first kappa shape index (κ1) is 12.5. The van der Waals surface area contributed by atoms with Crippen LogP contribution in [0.15, 0.2) is 4.99 Å². The summed E-state index contributed by atoms with van der Waals surface area (Å²) in [4.78, 5) is 9.06. The van der Waals surface area contributed by atoms with Gasteiger partial charge in [0.1, 0.15) is 5.84 Å². The van der Waals surface area contributed by atoms with Crippen molar-refractivity contribution in [1.29, 1.82) is 0 Å². The number of hydrogen-bond acceptors (Lipinski definition) is 3. The third kappa shape index (κ3) is 3.80. The first-order valence-corrected chi connectivity index (χ1v) is 5.69. The van der Waals surface area contributed by atoms with Gasteiger partial charge in [-0.3, -0.25) is 9.89 Å². The highest BCUT2D eigenvalue weighted by molar-refractivity contribution is 5.86. The average molecular weight is 212 g/mol. The number of nitrogens with zero attached hydrogens (tertiary/aromatic N) is 3. The molecule has 4 heteroatoms. The topological polar surface area (TPSA) is 44.9 Å². The molecule has 0 aromatic rings. The Labute approximate surface area is 93.1 Å². The molecule has 1 aliphatic rings. The summed E-state index contributed by atoms with van der Waals surface area (Å²) in [5.41, 5.74) is 6.03. The van der Waals surface area contributed by atoms with Crippen LogP contribution in [0.3, 0.4) is 0 Å². The van der Waals surface area contributed by atoms with E-state index in [1.807, 2.05) is 0 Å². The van der Waals surface area contributed by atoms with Crippen molar-refractivity contribution in [3.05, 3.63) is 0 Å².